The number of benzene rings is 7. The van der Waals surface area contributed by atoms with Crippen LogP contribution in [0.5, 0.6) is 0 Å². The van der Waals surface area contributed by atoms with Gasteiger partial charge >= 0.3 is 0 Å². The molecule has 2 nitrogen and oxygen atoms in total. The molecule has 2 aliphatic rings. The van der Waals surface area contributed by atoms with Crippen LogP contribution in [0, 0.1) is 5.92 Å². The zero-order valence-corrected chi connectivity index (χ0v) is 29.8. The van der Waals surface area contributed by atoms with Crippen LogP contribution in [0.15, 0.2) is 188 Å². The number of nitrogens with zero attached hydrogens (tertiary/aromatic N) is 2. The molecule has 2 aromatic heterocycles. The summed E-state index contributed by atoms with van der Waals surface area (Å²) in [6.07, 6.45) is 10.0. The third-order valence-corrected chi connectivity index (χ3v) is 12.3. The lowest BCUT2D eigenvalue weighted by Crippen LogP contribution is -2.35. The number of hydrogen-bond donors (Lipinski definition) is 0. The molecule has 9 aromatic rings. The van der Waals surface area contributed by atoms with Gasteiger partial charge in [0.1, 0.15) is 0 Å². The van der Waals surface area contributed by atoms with Crippen molar-refractivity contribution in [3.8, 4) is 5.69 Å². The van der Waals surface area contributed by atoms with Crippen molar-refractivity contribution >= 4 is 81.5 Å². The van der Waals surface area contributed by atoms with Gasteiger partial charge in [0.05, 0.1) is 11.0 Å². The van der Waals surface area contributed by atoms with E-state index in [0.29, 0.717) is 5.92 Å². The average Bonchev–Trinajstić information content (AvgIpc) is 3.76. The van der Waals surface area contributed by atoms with Crippen LogP contribution >= 0.6 is 11.3 Å². The Labute approximate surface area is 311 Å². The lowest BCUT2D eigenvalue weighted by molar-refractivity contribution is 0.845. The van der Waals surface area contributed by atoms with E-state index in [1.807, 2.05) is 11.3 Å². The maximum atomic E-state index is 2.43. The number of hydrogen-bond acceptors (Lipinski definition) is 2. The van der Waals surface area contributed by atoms with Crippen LogP contribution in [0.3, 0.4) is 0 Å². The summed E-state index contributed by atoms with van der Waals surface area (Å²) in [5, 5.41) is 7.80. The minimum Gasteiger partial charge on any atom is -0.310 e. The lowest BCUT2D eigenvalue weighted by atomic mass is 9.80. The van der Waals surface area contributed by atoms with E-state index in [1.165, 1.54) is 69.1 Å². The normalized spacial score (nSPS) is 15.1. The molecule has 53 heavy (non-hydrogen) atoms. The topological polar surface area (TPSA) is 8.17 Å². The standard InChI is InChI=1S/C50H34N2S/c1-2-13-35(14-3-1)52-47-20-10-8-18-42(47)43-28-26-38(32-48(43)52)51(37-27-29-50-46(31-37)44-19-9-11-21-49(44)53-50)36-24-22-33(23-25-36)45-30-34-12-4-5-15-39(34)40-16-6-7-17-41(40)45/h1-29,31-32,34H,30H2. The molecule has 3 heteroatoms. The fourth-order valence-corrected chi connectivity index (χ4v) is 9.81. The van der Waals surface area contributed by atoms with Crippen LogP contribution in [0.25, 0.3) is 58.8 Å². The molecule has 0 amide bonds. The first-order valence-corrected chi connectivity index (χ1v) is 19.2. The Hall–Kier alpha value is -6.42. The predicted octanol–water partition coefficient (Wildman–Crippen LogP) is 12.1. The number of rotatable bonds is 5. The van der Waals surface area contributed by atoms with E-state index in [1.54, 1.807) is 0 Å². The molecule has 7 aromatic carbocycles. The highest BCUT2D eigenvalue weighted by molar-refractivity contribution is 7.25. The third-order valence-electron chi connectivity index (χ3n) is 11.1. The van der Waals surface area contributed by atoms with E-state index in [4.69, 9.17) is 0 Å². The molecule has 0 spiro atoms. The van der Waals surface area contributed by atoms with Gasteiger partial charge in [0.25, 0.3) is 0 Å². The van der Waals surface area contributed by atoms with Crippen LogP contribution in [0.4, 0.5) is 17.1 Å². The molecule has 0 N–H and O–H groups in total. The summed E-state index contributed by atoms with van der Waals surface area (Å²) < 4.78 is 5.03. The van der Waals surface area contributed by atoms with Crippen molar-refractivity contribution in [2.75, 3.05) is 4.90 Å². The summed E-state index contributed by atoms with van der Waals surface area (Å²) >= 11 is 1.86. The van der Waals surface area contributed by atoms with E-state index in [-0.39, 0.29) is 0 Å². The first kappa shape index (κ1) is 30.2. The number of thiophene rings is 1. The largest absolute Gasteiger partial charge is 0.310 e. The lowest BCUT2D eigenvalue weighted by Gasteiger charge is -2.27. The summed E-state index contributed by atoms with van der Waals surface area (Å²) in [5.74, 6) is 0.399. The van der Waals surface area contributed by atoms with Gasteiger partial charge in [-0.05, 0) is 100 Å². The highest BCUT2D eigenvalue weighted by atomic mass is 32.1. The molecule has 1 atom stereocenters. The fourth-order valence-electron chi connectivity index (χ4n) is 8.72. The average molecular weight is 695 g/mol. The molecule has 11 rings (SSSR count). The van der Waals surface area contributed by atoms with Gasteiger partial charge in [0.2, 0.25) is 0 Å². The second-order valence-electron chi connectivity index (χ2n) is 14.1. The van der Waals surface area contributed by atoms with Crippen molar-refractivity contribution < 1.29 is 0 Å². The summed E-state index contributed by atoms with van der Waals surface area (Å²) in [6, 6.07) is 60.4. The molecule has 0 bridgehead atoms. The number of anilines is 3. The molecule has 2 heterocycles. The van der Waals surface area contributed by atoms with Gasteiger partial charge < -0.3 is 9.47 Å². The van der Waals surface area contributed by atoms with E-state index in [9.17, 15) is 0 Å². The van der Waals surface area contributed by atoms with Crippen molar-refractivity contribution in [1.82, 2.24) is 4.57 Å². The summed E-state index contributed by atoms with van der Waals surface area (Å²) in [5.41, 5.74) is 11.1. The Morgan fingerprint density at radius 1 is 0.509 bits per heavy atom. The zero-order valence-electron chi connectivity index (χ0n) is 29.0. The highest BCUT2D eigenvalue weighted by Gasteiger charge is 2.22. The molecule has 0 saturated heterocycles. The number of fused-ring (bicyclic) bond motifs is 8. The second-order valence-corrected chi connectivity index (χ2v) is 15.2. The van der Waals surface area contributed by atoms with Crippen LogP contribution in [-0.2, 0) is 0 Å². The monoisotopic (exact) mass is 694 g/mol. The number of para-hydroxylation sites is 2. The molecule has 0 fully saturated rings. The van der Waals surface area contributed by atoms with E-state index in [0.717, 1.165) is 29.2 Å². The Kier molecular flexibility index (Phi) is 6.89. The molecular formula is C50H34N2S. The van der Waals surface area contributed by atoms with Crippen molar-refractivity contribution in [2.24, 2.45) is 5.92 Å². The van der Waals surface area contributed by atoms with E-state index < -0.39 is 0 Å². The first-order chi connectivity index (χ1) is 26.3. The van der Waals surface area contributed by atoms with Gasteiger partial charge in [0.15, 0.2) is 0 Å². The zero-order chi connectivity index (χ0) is 34.9. The van der Waals surface area contributed by atoms with Gasteiger partial charge in [-0.1, -0.05) is 121 Å². The smallest absolute Gasteiger partial charge is 0.0561 e. The Balaban J connectivity index is 1.12. The Bertz CT molecular complexity index is 3090. The summed E-state index contributed by atoms with van der Waals surface area (Å²) in [4.78, 5) is 2.43. The molecule has 1 unspecified atom stereocenters. The van der Waals surface area contributed by atoms with Crippen LogP contribution in [-0.4, -0.2) is 4.57 Å². The van der Waals surface area contributed by atoms with Gasteiger partial charge in [-0.15, -0.1) is 11.3 Å². The van der Waals surface area contributed by atoms with Gasteiger partial charge in [-0.3, -0.25) is 0 Å². The molecule has 2 aliphatic carbocycles. The molecular weight excluding hydrogens is 661 g/mol. The van der Waals surface area contributed by atoms with Gasteiger partial charge in [-0.2, -0.15) is 0 Å². The Morgan fingerprint density at radius 3 is 2.08 bits per heavy atom. The molecule has 0 radical (unpaired) electrons. The van der Waals surface area contributed by atoms with Crippen molar-refractivity contribution in [1.29, 1.82) is 0 Å². The first-order valence-electron chi connectivity index (χ1n) is 18.4. The molecule has 0 saturated carbocycles. The van der Waals surface area contributed by atoms with Crippen LogP contribution < -0.4 is 15.3 Å². The van der Waals surface area contributed by atoms with Gasteiger partial charge in [0, 0.05) is 59.6 Å². The van der Waals surface area contributed by atoms with Crippen molar-refractivity contribution in [3.63, 3.8) is 0 Å². The minimum atomic E-state index is 0.399. The van der Waals surface area contributed by atoms with Crippen LogP contribution in [0.2, 0.25) is 0 Å². The SMILES string of the molecule is C1=CC2=c3ccccc3=C(c3ccc(N(c4ccc5sc6ccccc6c5c4)c4ccc5c6ccccc6n(-c6ccccc6)c5c4)cc3)CC2C=C1. The molecule has 250 valence electrons. The summed E-state index contributed by atoms with van der Waals surface area (Å²) in [6.45, 7) is 0. The minimum absolute atomic E-state index is 0.399. The van der Waals surface area contributed by atoms with Gasteiger partial charge in [-0.25, -0.2) is 0 Å². The third kappa shape index (κ3) is 4.85. The van der Waals surface area contributed by atoms with Crippen molar-refractivity contribution in [2.45, 2.75) is 6.42 Å². The number of allylic oxidation sites excluding steroid dienone is 4. The van der Waals surface area contributed by atoms with Crippen molar-refractivity contribution in [3.05, 3.63) is 204 Å². The van der Waals surface area contributed by atoms with Crippen LogP contribution in [0.1, 0.15) is 12.0 Å². The van der Waals surface area contributed by atoms with E-state index >= 15 is 0 Å². The number of aromatic nitrogens is 1. The van der Waals surface area contributed by atoms with E-state index in [2.05, 4.69) is 198 Å². The Morgan fingerprint density at radius 2 is 1.19 bits per heavy atom. The fraction of sp³-hybridized carbons (Fsp3) is 0.0400. The summed E-state index contributed by atoms with van der Waals surface area (Å²) in [7, 11) is 0. The second kappa shape index (κ2) is 12.1. The molecule has 0 aliphatic heterocycles. The maximum absolute atomic E-state index is 2.43. The highest BCUT2D eigenvalue weighted by Crippen LogP contribution is 2.43. The maximum Gasteiger partial charge on any atom is 0.0561 e. The quantitative estimate of drug-likeness (QED) is 0.174. The predicted molar refractivity (Wildman–Crippen MR) is 226 cm³/mol.